The van der Waals surface area contributed by atoms with Crippen molar-refractivity contribution in [2.45, 2.75) is 19.4 Å². The molecule has 7 heteroatoms. The van der Waals surface area contributed by atoms with E-state index in [0.717, 1.165) is 16.1 Å². The Balaban J connectivity index is 1.94. The molecule has 0 saturated carbocycles. The van der Waals surface area contributed by atoms with Crippen LogP contribution in [-0.4, -0.2) is 24.4 Å². The van der Waals surface area contributed by atoms with Gasteiger partial charge in [0.1, 0.15) is 0 Å². The minimum Gasteiger partial charge on any atom is -0.455 e. The van der Waals surface area contributed by atoms with Gasteiger partial charge in [0, 0.05) is 17.0 Å². The zero-order valence-electron chi connectivity index (χ0n) is 13.7. The molecule has 1 aliphatic heterocycles. The molecule has 3 rings (SSSR count). The summed E-state index contributed by atoms with van der Waals surface area (Å²) in [5.74, 6) is -2.13. The molecule has 1 aromatic carbocycles. The van der Waals surface area contributed by atoms with Gasteiger partial charge in [-0.2, -0.15) is 0 Å². The summed E-state index contributed by atoms with van der Waals surface area (Å²) in [6, 6.07) is 10.9. The Kier molecular flexibility index (Phi) is 4.85. The van der Waals surface area contributed by atoms with E-state index in [-0.39, 0.29) is 12.3 Å². The Labute approximate surface area is 149 Å². The Morgan fingerprint density at radius 3 is 2.60 bits per heavy atom. The van der Waals surface area contributed by atoms with E-state index in [2.05, 4.69) is 0 Å². The Bertz CT molecular complexity index is 786. The highest BCUT2D eigenvalue weighted by molar-refractivity contribution is 7.10. The number of esters is 1. The van der Waals surface area contributed by atoms with Crippen molar-refractivity contribution < 1.29 is 19.1 Å². The van der Waals surface area contributed by atoms with Crippen molar-refractivity contribution in [2.24, 2.45) is 11.7 Å². The van der Waals surface area contributed by atoms with Crippen LogP contribution in [0.1, 0.15) is 22.9 Å². The molecule has 1 aliphatic rings. The largest absolute Gasteiger partial charge is 0.455 e. The van der Waals surface area contributed by atoms with Crippen LogP contribution in [0.15, 0.2) is 41.8 Å². The summed E-state index contributed by atoms with van der Waals surface area (Å²) in [6.07, 6.45) is 0.0358. The molecule has 6 nitrogen and oxygen atoms in total. The fourth-order valence-electron chi connectivity index (χ4n) is 2.99. The number of carbonyl (C=O) groups excluding carboxylic acids is 3. The van der Waals surface area contributed by atoms with Crippen LogP contribution in [0.25, 0.3) is 0 Å². The molecule has 0 aliphatic carbocycles. The molecular formula is C18H18N2O4S. The number of hydrogen-bond acceptors (Lipinski definition) is 5. The first-order valence-corrected chi connectivity index (χ1v) is 8.72. The summed E-state index contributed by atoms with van der Waals surface area (Å²) in [5.41, 5.74) is 6.86. The highest BCUT2D eigenvalue weighted by atomic mass is 32.1. The third-order valence-electron chi connectivity index (χ3n) is 4.13. The highest BCUT2D eigenvalue weighted by Crippen LogP contribution is 2.43. The van der Waals surface area contributed by atoms with Crippen molar-refractivity contribution in [1.29, 1.82) is 0 Å². The molecule has 0 bridgehead atoms. The molecular weight excluding hydrogens is 340 g/mol. The number of ether oxygens (including phenoxy) is 1. The SMILES string of the molecule is Cc1ccc(N2C(=O)CC(C(=O)OCC(N)=O)C2c2cccs2)cc1. The Morgan fingerprint density at radius 1 is 1.28 bits per heavy atom. The van der Waals surface area contributed by atoms with Gasteiger partial charge in [0.05, 0.1) is 12.0 Å². The lowest BCUT2D eigenvalue weighted by molar-refractivity contribution is -0.152. The van der Waals surface area contributed by atoms with Gasteiger partial charge >= 0.3 is 5.97 Å². The van der Waals surface area contributed by atoms with E-state index >= 15 is 0 Å². The predicted molar refractivity (Wildman–Crippen MR) is 94.0 cm³/mol. The van der Waals surface area contributed by atoms with Crippen molar-refractivity contribution in [3.05, 3.63) is 52.2 Å². The van der Waals surface area contributed by atoms with Crippen LogP contribution in [0.5, 0.6) is 0 Å². The lowest BCUT2D eigenvalue weighted by atomic mass is 9.99. The van der Waals surface area contributed by atoms with E-state index < -0.39 is 30.4 Å². The molecule has 0 spiro atoms. The standard InChI is InChI=1S/C18H18N2O4S/c1-11-4-6-12(7-5-11)20-16(22)9-13(18(23)24-10-15(19)21)17(20)14-3-2-8-25-14/h2-8,13,17H,9-10H2,1H3,(H2,19,21). The molecule has 1 aromatic heterocycles. The van der Waals surface area contributed by atoms with E-state index in [4.69, 9.17) is 10.5 Å². The van der Waals surface area contributed by atoms with Gasteiger partial charge in [-0.25, -0.2) is 0 Å². The smallest absolute Gasteiger partial charge is 0.312 e. The molecule has 2 N–H and O–H groups in total. The summed E-state index contributed by atoms with van der Waals surface area (Å²) in [7, 11) is 0. The van der Waals surface area contributed by atoms with Crippen LogP contribution < -0.4 is 10.6 Å². The number of carbonyl (C=O) groups is 3. The zero-order valence-corrected chi connectivity index (χ0v) is 14.5. The average Bonchev–Trinajstić information content (AvgIpc) is 3.21. The van der Waals surface area contributed by atoms with E-state index in [1.54, 1.807) is 4.90 Å². The van der Waals surface area contributed by atoms with E-state index in [1.165, 1.54) is 11.3 Å². The Morgan fingerprint density at radius 2 is 2.00 bits per heavy atom. The second-order valence-corrected chi connectivity index (χ2v) is 6.92. The monoisotopic (exact) mass is 358 g/mol. The first kappa shape index (κ1) is 17.2. The molecule has 2 atom stereocenters. The second-order valence-electron chi connectivity index (χ2n) is 5.94. The average molecular weight is 358 g/mol. The van der Waals surface area contributed by atoms with Crippen LogP contribution in [-0.2, 0) is 19.1 Å². The Hall–Kier alpha value is -2.67. The summed E-state index contributed by atoms with van der Waals surface area (Å²) in [6.45, 7) is 1.49. The topological polar surface area (TPSA) is 89.7 Å². The van der Waals surface area contributed by atoms with Gasteiger partial charge in [-0.3, -0.25) is 14.4 Å². The maximum Gasteiger partial charge on any atom is 0.312 e. The minimum atomic E-state index is -0.722. The van der Waals surface area contributed by atoms with E-state index in [1.807, 2.05) is 48.7 Å². The van der Waals surface area contributed by atoms with Crippen LogP contribution in [0.2, 0.25) is 0 Å². The fourth-order valence-corrected chi connectivity index (χ4v) is 3.87. The van der Waals surface area contributed by atoms with Gasteiger partial charge < -0.3 is 15.4 Å². The summed E-state index contributed by atoms with van der Waals surface area (Å²) < 4.78 is 4.98. The first-order chi connectivity index (χ1) is 12.0. The van der Waals surface area contributed by atoms with Gasteiger partial charge in [0.25, 0.3) is 5.91 Å². The van der Waals surface area contributed by atoms with Crippen LogP contribution in [0.3, 0.4) is 0 Å². The zero-order chi connectivity index (χ0) is 18.0. The molecule has 2 aromatic rings. The van der Waals surface area contributed by atoms with Crippen LogP contribution in [0.4, 0.5) is 5.69 Å². The summed E-state index contributed by atoms with van der Waals surface area (Å²) in [4.78, 5) is 38.5. The number of hydrogen-bond donors (Lipinski definition) is 1. The van der Waals surface area contributed by atoms with Gasteiger partial charge in [0.15, 0.2) is 6.61 Å². The normalized spacial score (nSPS) is 19.9. The third-order valence-corrected chi connectivity index (χ3v) is 5.07. The maximum atomic E-state index is 12.6. The van der Waals surface area contributed by atoms with Gasteiger partial charge in [-0.15, -0.1) is 11.3 Å². The summed E-state index contributed by atoms with van der Waals surface area (Å²) in [5, 5.41) is 1.90. The lowest BCUT2D eigenvalue weighted by Crippen LogP contribution is -2.31. The molecule has 2 heterocycles. The first-order valence-electron chi connectivity index (χ1n) is 7.84. The van der Waals surface area contributed by atoms with Crippen LogP contribution in [0, 0.1) is 12.8 Å². The number of benzene rings is 1. The maximum absolute atomic E-state index is 12.6. The van der Waals surface area contributed by atoms with Crippen molar-refractivity contribution in [2.75, 3.05) is 11.5 Å². The number of nitrogens with two attached hydrogens (primary N) is 1. The number of rotatable bonds is 5. The van der Waals surface area contributed by atoms with Crippen LogP contribution >= 0.6 is 11.3 Å². The van der Waals surface area contributed by atoms with Crippen molar-refractivity contribution >= 4 is 34.8 Å². The van der Waals surface area contributed by atoms with Gasteiger partial charge in [-0.1, -0.05) is 23.8 Å². The number of thiophene rings is 1. The van der Waals surface area contributed by atoms with Crippen molar-refractivity contribution in [1.82, 2.24) is 0 Å². The number of nitrogens with zero attached hydrogens (tertiary/aromatic N) is 1. The van der Waals surface area contributed by atoms with E-state index in [9.17, 15) is 14.4 Å². The summed E-state index contributed by atoms with van der Waals surface area (Å²) >= 11 is 1.48. The van der Waals surface area contributed by atoms with Crippen molar-refractivity contribution in [3.63, 3.8) is 0 Å². The molecule has 2 unspecified atom stereocenters. The second kappa shape index (κ2) is 7.06. The number of aryl methyl sites for hydroxylation is 1. The molecule has 1 fully saturated rings. The van der Waals surface area contributed by atoms with Gasteiger partial charge in [-0.05, 0) is 30.5 Å². The minimum absolute atomic E-state index is 0.0358. The number of anilines is 1. The molecule has 130 valence electrons. The van der Waals surface area contributed by atoms with E-state index in [0.29, 0.717) is 0 Å². The predicted octanol–water partition coefficient (Wildman–Crippen LogP) is 2.18. The molecule has 0 radical (unpaired) electrons. The number of primary amides is 1. The molecule has 2 amide bonds. The lowest BCUT2D eigenvalue weighted by Gasteiger charge is -2.27. The third kappa shape index (κ3) is 3.56. The molecule has 25 heavy (non-hydrogen) atoms. The fraction of sp³-hybridized carbons (Fsp3) is 0.278. The number of amides is 2. The highest BCUT2D eigenvalue weighted by Gasteiger charge is 2.46. The molecule has 1 saturated heterocycles. The van der Waals surface area contributed by atoms with Crippen molar-refractivity contribution in [3.8, 4) is 0 Å². The van der Waals surface area contributed by atoms with Gasteiger partial charge in [0.2, 0.25) is 5.91 Å². The quantitative estimate of drug-likeness (QED) is 0.830.